The maximum atomic E-state index is 12.4. The second-order valence-corrected chi connectivity index (χ2v) is 4.28. The van der Waals surface area contributed by atoms with Crippen LogP contribution in [0.4, 0.5) is 13.2 Å². The van der Waals surface area contributed by atoms with Crippen LogP contribution in [0.25, 0.3) is 11.1 Å². The van der Waals surface area contributed by atoms with Crippen LogP contribution in [0.3, 0.4) is 0 Å². The smallest absolute Gasteiger partial charge is 0.284 e. The van der Waals surface area contributed by atoms with E-state index in [4.69, 9.17) is 0 Å². The lowest BCUT2D eigenvalue weighted by molar-refractivity contribution is -0.0885. The maximum absolute atomic E-state index is 12.4. The highest BCUT2D eigenvalue weighted by molar-refractivity contribution is 6.01. The highest BCUT2D eigenvalue weighted by atomic mass is 19.4. The van der Waals surface area contributed by atoms with Gasteiger partial charge >= 0.3 is 6.18 Å². The van der Waals surface area contributed by atoms with Crippen molar-refractivity contribution in [2.75, 3.05) is 0 Å². The van der Waals surface area contributed by atoms with Crippen molar-refractivity contribution in [2.45, 2.75) is 13.1 Å². The van der Waals surface area contributed by atoms with Gasteiger partial charge in [-0.1, -0.05) is 48.0 Å². The first-order valence-corrected chi connectivity index (χ1v) is 5.66. The molecule has 0 bridgehead atoms. The molecule has 0 aliphatic carbocycles. The molecule has 0 aliphatic heterocycles. The second-order valence-electron chi connectivity index (χ2n) is 4.28. The summed E-state index contributed by atoms with van der Waals surface area (Å²) in [6, 6.07) is 13.0. The molecule has 0 fully saturated rings. The van der Waals surface area contributed by atoms with Crippen molar-refractivity contribution in [1.29, 1.82) is 0 Å². The number of carbonyl (C=O) groups excluding carboxylic acids is 1. The van der Waals surface area contributed by atoms with Crippen molar-refractivity contribution in [2.24, 2.45) is 0 Å². The number of hydrogen-bond acceptors (Lipinski definition) is 1. The Morgan fingerprint density at radius 3 is 2.11 bits per heavy atom. The fourth-order valence-electron chi connectivity index (χ4n) is 1.83. The Morgan fingerprint density at radius 1 is 0.947 bits per heavy atom. The van der Waals surface area contributed by atoms with E-state index in [2.05, 4.69) is 0 Å². The van der Waals surface area contributed by atoms with Crippen LogP contribution >= 0.6 is 0 Å². The van der Waals surface area contributed by atoms with Gasteiger partial charge < -0.3 is 0 Å². The molecule has 0 unspecified atom stereocenters. The average molecular weight is 264 g/mol. The van der Waals surface area contributed by atoms with Crippen molar-refractivity contribution in [1.82, 2.24) is 0 Å². The number of alkyl halides is 3. The Balaban J connectivity index is 2.43. The van der Waals surface area contributed by atoms with Crippen LogP contribution in [0.1, 0.15) is 15.9 Å². The molecule has 0 amide bonds. The lowest BCUT2D eigenvalue weighted by atomic mass is 10.00. The molecule has 19 heavy (non-hydrogen) atoms. The van der Waals surface area contributed by atoms with Crippen molar-refractivity contribution < 1.29 is 18.0 Å². The highest BCUT2D eigenvalue weighted by Gasteiger charge is 2.39. The molecule has 0 N–H and O–H groups in total. The predicted octanol–water partition coefficient (Wildman–Crippen LogP) is 4.41. The van der Waals surface area contributed by atoms with E-state index < -0.39 is 12.0 Å². The molecular weight excluding hydrogens is 253 g/mol. The third-order valence-electron chi connectivity index (χ3n) is 2.73. The molecule has 0 spiro atoms. The summed E-state index contributed by atoms with van der Waals surface area (Å²) < 4.78 is 37.2. The van der Waals surface area contributed by atoms with Gasteiger partial charge in [0.1, 0.15) is 0 Å². The van der Waals surface area contributed by atoms with Gasteiger partial charge in [-0.3, -0.25) is 4.79 Å². The third kappa shape index (κ3) is 3.02. The topological polar surface area (TPSA) is 17.1 Å². The fourth-order valence-corrected chi connectivity index (χ4v) is 1.83. The van der Waals surface area contributed by atoms with Gasteiger partial charge in [0, 0.05) is 5.56 Å². The molecule has 0 saturated heterocycles. The number of rotatable bonds is 2. The van der Waals surface area contributed by atoms with Crippen molar-refractivity contribution in [3.05, 3.63) is 59.7 Å². The van der Waals surface area contributed by atoms with Gasteiger partial charge in [0.15, 0.2) is 0 Å². The van der Waals surface area contributed by atoms with Crippen LogP contribution in [0.5, 0.6) is 0 Å². The number of ketones is 1. The highest BCUT2D eigenvalue weighted by Crippen LogP contribution is 2.26. The summed E-state index contributed by atoms with van der Waals surface area (Å²) >= 11 is 0. The zero-order valence-corrected chi connectivity index (χ0v) is 10.2. The second kappa shape index (κ2) is 4.88. The SMILES string of the molecule is Cc1cccc(-c2cccc(C(=O)C(F)(F)F)c2)c1. The van der Waals surface area contributed by atoms with Gasteiger partial charge in [-0.2, -0.15) is 13.2 Å². The van der Waals surface area contributed by atoms with Crippen molar-refractivity contribution in [3.63, 3.8) is 0 Å². The van der Waals surface area contributed by atoms with Crippen LogP contribution in [0, 0.1) is 6.92 Å². The van der Waals surface area contributed by atoms with E-state index in [1.165, 1.54) is 18.2 Å². The maximum Gasteiger partial charge on any atom is 0.454 e. The number of hydrogen-bond donors (Lipinski definition) is 0. The minimum atomic E-state index is -4.84. The van der Waals surface area contributed by atoms with E-state index in [1.807, 2.05) is 25.1 Å². The molecule has 0 heterocycles. The quantitative estimate of drug-likeness (QED) is 0.734. The van der Waals surface area contributed by atoms with Gasteiger partial charge in [-0.25, -0.2) is 0 Å². The Labute approximate surface area is 108 Å². The van der Waals surface area contributed by atoms with Crippen LogP contribution in [0.15, 0.2) is 48.5 Å². The number of carbonyl (C=O) groups is 1. The number of Topliss-reactive ketones (excluding diaryl/α,β-unsaturated/α-hetero) is 1. The molecule has 2 aromatic rings. The van der Waals surface area contributed by atoms with Crippen molar-refractivity contribution >= 4 is 5.78 Å². The van der Waals surface area contributed by atoms with Gasteiger partial charge in [0.05, 0.1) is 0 Å². The van der Waals surface area contributed by atoms with E-state index in [0.717, 1.165) is 11.1 Å². The van der Waals surface area contributed by atoms with Crippen LogP contribution < -0.4 is 0 Å². The molecule has 4 heteroatoms. The zero-order chi connectivity index (χ0) is 14.0. The molecule has 1 nitrogen and oxygen atoms in total. The summed E-state index contributed by atoms with van der Waals surface area (Å²) in [4.78, 5) is 11.2. The van der Waals surface area contributed by atoms with E-state index >= 15 is 0 Å². The molecule has 0 radical (unpaired) electrons. The molecule has 2 aromatic carbocycles. The molecule has 0 aromatic heterocycles. The summed E-state index contributed by atoms with van der Waals surface area (Å²) in [5.41, 5.74) is 2.05. The minimum absolute atomic E-state index is 0.341. The van der Waals surface area contributed by atoms with E-state index in [0.29, 0.717) is 5.56 Å². The predicted molar refractivity (Wildman–Crippen MR) is 67.0 cm³/mol. The number of benzene rings is 2. The summed E-state index contributed by atoms with van der Waals surface area (Å²) in [5.74, 6) is -1.82. The van der Waals surface area contributed by atoms with E-state index in [-0.39, 0.29) is 5.56 Å². The van der Waals surface area contributed by atoms with Crippen LogP contribution in [0.2, 0.25) is 0 Å². The van der Waals surface area contributed by atoms with Crippen LogP contribution in [-0.2, 0) is 0 Å². The van der Waals surface area contributed by atoms with Crippen molar-refractivity contribution in [3.8, 4) is 11.1 Å². The molecule has 0 saturated carbocycles. The number of aryl methyl sites for hydroxylation is 1. The van der Waals surface area contributed by atoms with E-state index in [1.54, 1.807) is 12.1 Å². The van der Waals surface area contributed by atoms with Gasteiger partial charge in [0.2, 0.25) is 0 Å². The zero-order valence-electron chi connectivity index (χ0n) is 10.2. The van der Waals surface area contributed by atoms with Gasteiger partial charge in [0.25, 0.3) is 5.78 Å². The van der Waals surface area contributed by atoms with E-state index in [9.17, 15) is 18.0 Å². The number of halogens is 3. The normalized spacial score (nSPS) is 11.4. The van der Waals surface area contributed by atoms with Gasteiger partial charge in [-0.05, 0) is 24.1 Å². The Bertz CT molecular complexity index is 615. The Kier molecular flexibility index (Phi) is 3.42. The lowest BCUT2D eigenvalue weighted by Crippen LogP contribution is -2.22. The first kappa shape index (κ1) is 13.3. The monoisotopic (exact) mass is 264 g/mol. The summed E-state index contributed by atoms with van der Waals surface area (Å²) in [6.45, 7) is 1.90. The summed E-state index contributed by atoms with van der Waals surface area (Å²) in [5, 5.41) is 0. The average Bonchev–Trinajstić information content (AvgIpc) is 2.37. The molecule has 0 aliphatic rings. The van der Waals surface area contributed by atoms with Crippen LogP contribution in [-0.4, -0.2) is 12.0 Å². The lowest BCUT2D eigenvalue weighted by Gasteiger charge is -2.08. The Morgan fingerprint density at radius 2 is 1.53 bits per heavy atom. The molecular formula is C15H11F3O. The fraction of sp³-hybridized carbons (Fsp3) is 0.133. The Hall–Kier alpha value is -2.10. The molecule has 2 rings (SSSR count). The first-order valence-electron chi connectivity index (χ1n) is 5.66. The summed E-state index contributed by atoms with van der Waals surface area (Å²) in [6.07, 6.45) is -4.84. The standard InChI is InChI=1S/C15H11F3O/c1-10-4-2-5-11(8-10)12-6-3-7-13(9-12)14(19)15(16,17)18/h2-9H,1H3. The largest absolute Gasteiger partial charge is 0.454 e. The molecule has 0 atom stereocenters. The third-order valence-corrected chi connectivity index (χ3v) is 2.73. The minimum Gasteiger partial charge on any atom is -0.284 e. The molecule has 98 valence electrons. The summed E-state index contributed by atoms with van der Waals surface area (Å²) in [7, 11) is 0. The first-order chi connectivity index (χ1) is 8.88. The van der Waals surface area contributed by atoms with Gasteiger partial charge in [-0.15, -0.1) is 0 Å².